The number of hydrogen-bond acceptors (Lipinski definition) is 5. The highest BCUT2D eigenvalue weighted by Gasteiger charge is 2.21. The van der Waals surface area contributed by atoms with E-state index in [1.807, 2.05) is 45.0 Å². The lowest BCUT2D eigenvalue weighted by atomic mass is 10.0. The first-order chi connectivity index (χ1) is 12.7. The van der Waals surface area contributed by atoms with Gasteiger partial charge < -0.3 is 15.4 Å². The molecule has 7 heteroatoms. The highest BCUT2D eigenvalue weighted by molar-refractivity contribution is 5.93. The third-order valence-electron chi connectivity index (χ3n) is 4.55. The lowest BCUT2D eigenvalue weighted by molar-refractivity contribution is 0.0782. The van der Waals surface area contributed by atoms with E-state index < -0.39 is 0 Å². The minimum absolute atomic E-state index is 0.0728. The molecule has 0 aliphatic carbocycles. The zero-order valence-corrected chi connectivity index (χ0v) is 17.1. The third-order valence-corrected chi connectivity index (χ3v) is 4.55. The summed E-state index contributed by atoms with van der Waals surface area (Å²) in [5.41, 5.74) is 7.97. The van der Waals surface area contributed by atoms with Crippen LogP contribution in [0.25, 0.3) is 5.69 Å². The zero-order chi connectivity index (χ0) is 20.1. The Hall–Kier alpha value is -2.41. The molecule has 1 amide bonds. The summed E-state index contributed by atoms with van der Waals surface area (Å²) in [7, 11) is 1.77. The zero-order valence-electron chi connectivity index (χ0n) is 17.1. The second kappa shape index (κ2) is 8.99. The van der Waals surface area contributed by atoms with Crippen LogP contribution in [0.1, 0.15) is 50.3 Å². The molecular formula is C20H31N5O2. The van der Waals surface area contributed by atoms with Gasteiger partial charge in [-0.05, 0) is 57.4 Å². The van der Waals surface area contributed by atoms with Crippen LogP contribution in [0.5, 0.6) is 5.75 Å². The van der Waals surface area contributed by atoms with E-state index in [0.717, 1.165) is 17.9 Å². The fraction of sp³-hybridized carbons (Fsp3) is 0.550. The van der Waals surface area contributed by atoms with Crippen molar-refractivity contribution < 1.29 is 9.53 Å². The predicted molar refractivity (Wildman–Crippen MR) is 106 cm³/mol. The number of hydrogen-bond donors (Lipinski definition) is 1. The number of nitrogens with zero attached hydrogens (tertiary/aromatic N) is 4. The Morgan fingerprint density at radius 2 is 1.85 bits per heavy atom. The van der Waals surface area contributed by atoms with Crippen molar-refractivity contribution >= 4 is 5.91 Å². The summed E-state index contributed by atoms with van der Waals surface area (Å²) in [5.74, 6) is 1.04. The first-order valence-electron chi connectivity index (χ1n) is 9.41. The van der Waals surface area contributed by atoms with Crippen molar-refractivity contribution in [1.82, 2.24) is 19.9 Å². The lowest BCUT2D eigenvalue weighted by Crippen LogP contribution is -2.35. The Balaban J connectivity index is 2.10. The fourth-order valence-corrected chi connectivity index (χ4v) is 2.67. The number of benzene rings is 1. The summed E-state index contributed by atoms with van der Waals surface area (Å²) in [6.45, 7) is 10.6. The summed E-state index contributed by atoms with van der Waals surface area (Å²) >= 11 is 0. The molecule has 148 valence electrons. The van der Waals surface area contributed by atoms with Crippen molar-refractivity contribution in [1.29, 1.82) is 0 Å². The van der Waals surface area contributed by atoms with Crippen LogP contribution in [0.4, 0.5) is 0 Å². The highest BCUT2D eigenvalue weighted by atomic mass is 16.5. The topological polar surface area (TPSA) is 86.3 Å². The van der Waals surface area contributed by atoms with Gasteiger partial charge in [-0.1, -0.05) is 19.1 Å². The van der Waals surface area contributed by atoms with E-state index in [0.29, 0.717) is 23.9 Å². The second-order valence-electron chi connectivity index (χ2n) is 7.52. The normalized spacial score (nSPS) is 12.5. The van der Waals surface area contributed by atoms with Crippen LogP contribution in [0.3, 0.4) is 0 Å². The average molecular weight is 374 g/mol. The van der Waals surface area contributed by atoms with E-state index in [2.05, 4.69) is 24.2 Å². The molecule has 0 saturated heterocycles. The molecule has 0 aliphatic rings. The Morgan fingerprint density at radius 1 is 1.22 bits per heavy atom. The van der Waals surface area contributed by atoms with Crippen LogP contribution in [0.15, 0.2) is 24.3 Å². The first-order valence-corrected chi connectivity index (χ1v) is 9.41. The van der Waals surface area contributed by atoms with Crippen molar-refractivity contribution in [2.24, 2.45) is 11.7 Å². The molecule has 1 unspecified atom stereocenters. The van der Waals surface area contributed by atoms with Gasteiger partial charge in [-0.3, -0.25) is 4.79 Å². The van der Waals surface area contributed by atoms with Gasteiger partial charge >= 0.3 is 0 Å². The SMILES string of the molecule is Cc1c(C(=O)N(C)CCC(N)C(C)C)nnn1-c1ccc(OC(C)C)cc1. The van der Waals surface area contributed by atoms with Gasteiger partial charge in [-0.25, -0.2) is 4.68 Å². The Bertz CT molecular complexity index is 752. The standard InChI is InChI=1S/C20H31N5O2/c1-13(2)18(21)11-12-24(6)20(26)19-15(5)25(23-22-19)16-7-9-17(10-8-16)27-14(3)4/h7-10,13-14,18H,11-12,21H2,1-6H3. The molecule has 0 aliphatic heterocycles. The predicted octanol–water partition coefficient (Wildman–Crippen LogP) is 2.81. The van der Waals surface area contributed by atoms with Gasteiger partial charge in [0.05, 0.1) is 17.5 Å². The number of nitrogens with two attached hydrogens (primary N) is 1. The summed E-state index contributed by atoms with van der Waals surface area (Å²) in [4.78, 5) is 14.4. The van der Waals surface area contributed by atoms with Crippen LogP contribution < -0.4 is 10.5 Å². The number of carbonyl (C=O) groups excluding carboxylic acids is 1. The van der Waals surface area contributed by atoms with Crippen LogP contribution in [0, 0.1) is 12.8 Å². The van der Waals surface area contributed by atoms with Crippen molar-refractivity contribution in [2.45, 2.75) is 53.2 Å². The van der Waals surface area contributed by atoms with Gasteiger partial charge in [0.1, 0.15) is 5.75 Å². The first kappa shape index (κ1) is 20.9. The van der Waals surface area contributed by atoms with Crippen LogP contribution in [0.2, 0.25) is 0 Å². The van der Waals surface area contributed by atoms with E-state index in [9.17, 15) is 4.79 Å². The van der Waals surface area contributed by atoms with Crippen LogP contribution in [-0.4, -0.2) is 51.5 Å². The fourth-order valence-electron chi connectivity index (χ4n) is 2.67. The second-order valence-corrected chi connectivity index (χ2v) is 7.52. The molecule has 1 aromatic carbocycles. The minimum atomic E-state index is -0.144. The number of rotatable bonds is 8. The maximum absolute atomic E-state index is 12.7. The molecule has 7 nitrogen and oxygen atoms in total. The molecule has 1 heterocycles. The van der Waals surface area contributed by atoms with Gasteiger partial charge in [0.2, 0.25) is 0 Å². The van der Waals surface area contributed by atoms with Crippen LogP contribution in [-0.2, 0) is 0 Å². The molecule has 0 radical (unpaired) electrons. The molecule has 2 rings (SSSR count). The van der Waals surface area contributed by atoms with Crippen molar-refractivity contribution in [3.8, 4) is 11.4 Å². The van der Waals surface area contributed by atoms with E-state index >= 15 is 0 Å². The highest BCUT2D eigenvalue weighted by Crippen LogP contribution is 2.18. The molecule has 1 atom stereocenters. The molecule has 1 aromatic heterocycles. The van der Waals surface area contributed by atoms with E-state index in [1.54, 1.807) is 16.6 Å². The van der Waals surface area contributed by atoms with Gasteiger partial charge in [-0.15, -0.1) is 5.10 Å². The molecule has 2 aromatic rings. The van der Waals surface area contributed by atoms with E-state index in [1.165, 1.54) is 0 Å². The summed E-state index contributed by atoms with van der Waals surface area (Å²) in [6.07, 6.45) is 0.872. The molecule has 0 fully saturated rings. The van der Waals surface area contributed by atoms with Crippen LogP contribution >= 0.6 is 0 Å². The minimum Gasteiger partial charge on any atom is -0.491 e. The molecule has 0 bridgehead atoms. The monoisotopic (exact) mass is 373 g/mol. The Labute approximate surface area is 161 Å². The van der Waals surface area contributed by atoms with E-state index in [-0.39, 0.29) is 18.1 Å². The lowest BCUT2D eigenvalue weighted by Gasteiger charge is -2.21. The summed E-state index contributed by atoms with van der Waals surface area (Å²) in [6, 6.07) is 7.65. The smallest absolute Gasteiger partial charge is 0.276 e. The van der Waals surface area contributed by atoms with Gasteiger partial charge in [0.25, 0.3) is 5.91 Å². The number of amides is 1. The molecule has 0 spiro atoms. The molecule has 2 N–H and O–H groups in total. The third kappa shape index (κ3) is 5.29. The maximum Gasteiger partial charge on any atom is 0.276 e. The Kier molecular flexibility index (Phi) is 6.96. The largest absolute Gasteiger partial charge is 0.491 e. The van der Waals surface area contributed by atoms with Gasteiger partial charge in [0, 0.05) is 19.6 Å². The van der Waals surface area contributed by atoms with Crippen molar-refractivity contribution in [3.63, 3.8) is 0 Å². The summed E-state index contributed by atoms with van der Waals surface area (Å²) < 4.78 is 7.32. The number of aromatic nitrogens is 3. The quantitative estimate of drug-likeness (QED) is 0.769. The maximum atomic E-state index is 12.7. The van der Waals surface area contributed by atoms with Gasteiger partial charge in [-0.2, -0.15) is 0 Å². The molecule has 0 saturated carbocycles. The van der Waals surface area contributed by atoms with E-state index in [4.69, 9.17) is 10.5 Å². The molecule has 27 heavy (non-hydrogen) atoms. The molecular weight excluding hydrogens is 342 g/mol. The Morgan fingerprint density at radius 3 is 2.41 bits per heavy atom. The summed E-state index contributed by atoms with van der Waals surface area (Å²) in [5, 5.41) is 8.26. The van der Waals surface area contributed by atoms with Gasteiger partial charge in [0.15, 0.2) is 5.69 Å². The average Bonchev–Trinajstić information content (AvgIpc) is 3.00. The van der Waals surface area contributed by atoms with Crippen molar-refractivity contribution in [3.05, 3.63) is 35.7 Å². The number of ether oxygens (including phenoxy) is 1. The number of carbonyl (C=O) groups is 1. The van der Waals surface area contributed by atoms with Crippen molar-refractivity contribution in [2.75, 3.05) is 13.6 Å².